The third kappa shape index (κ3) is 7.56. The second-order valence-corrected chi connectivity index (χ2v) is 10.9. The summed E-state index contributed by atoms with van der Waals surface area (Å²) in [6, 6.07) is 19.6. The van der Waals surface area contributed by atoms with Crippen LogP contribution in [0.3, 0.4) is 0 Å². The fraction of sp³-hybridized carbons (Fsp3) is 0. The van der Waals surface area contributed by atoms with Gasteiger partial charge in [-0.15, -0.1) is 0 Å². The number of hydrogen-bond donors (Lipinski definition) is 4. The number of phenols is 2. The van der Waals surface area contributed by atoms with Crippen molar-refractivity contribution in [2.45, 2.75) is 9.79 Å². The number of benzene rings is 5. The van der Waals surface area contributed by atoms with Gasteiger partial charge in [0.2, 0.25) is 0 Å². The van der Waals surface area contributed by atoms with Crippen LogP contribution in [0.4, 0.5) is 11.4 Å². The molecule has 5 rings (SSSR count). The van der Waals surface area contributed by atoms with E-state index in [1.54, 1.807) is 18.2 Å². The van der Waals surface area contributed by atoms with E-state index >= 15 is 0 Å². The van der Waals surface area contributed by atoms with Crippen LogP contribution in [0.1, 0.15) is 20.7 Å². The Morgan fingerprint density at radius 2 is 1.18 bits per heavy atom. The minimum Gasteiger partial charge on any atom is -0.744 e. The van der Waals surface area contributed by atoms with Gasteiger partial charge in [-0.2, -0.15) is 4.33 Å². The molecule has 214 valence electrons. The first-order valence-electron chi connectivity index (χ1n) is 11.9. The predicted molar refractivity (Wildman–Crippen MR) is 150 cm³/mol. The van der Waals surface area contributed by atoms with Crippen LogP contribution in [0.15, 0.2) is 94.7 Å². The molecular formula is C28H18N2Na2O10S2. The minimum absolute atomic E-state index is 0. The number of hydrogen-bond acceptors (Lipinski definition) is 11. The quantitative estimate of drug-likeness (QED) is 0.0478. The molecule has 0 atom stereocenters. The summed E-state index contributed by atoms with van der Waals surface area (Å²) in [6.45, 7) is 0. The second kappa shape index (κ2) is 15.1. The van der Waals surface area contributed by atoms with E-state index < -0.39 is 26.8 Å². The Morgan fingerprint density at radius 3 is 1.68 bits per heavy atom. The summed E-state index contributed by atoms with van der Waals surface area (Å²) in [7, 11) is -4.85. The van der Waals surface area contributed by atoms with Crippen LogP contribution in [0.25, 0.3) is 21.5 Å². The number of rotatable bonds is 8. The van der Waals surface area contributed by atoms with Crippen LogP contribution in [-0.2, 0) is 19.5 Å². The molecule has 0 bridgehead atoms. The summed E-state index contributed by atoms with van der Waals surface area (Å²) in [5.41, 5.74) is 0.672. The molecule has 5 aromatic carbocycles. The zero-order valence-corrected chi connectivity index (χ0v) is 28.7. The first kappa shape index (κ1) is 35.8. The molecule has 0 spiro atoms. The molecule has 0 aliphatic rings. The van der Waals surface area contributed by atoms with E-state index in [0.29, 0.717) is 27.7 Å². The molecule has 0 aliphatic heterocycles. The normalized spacial score (nSPS) is 11.0. The summed E-state index contributed by atoms with van der Waals surface area (Å²) < 4.78 is 39.4. The smallest absolute Gasteiger partial charge is 0.744 e. The zero-order valence-electron chi connectivity index (χ0n) is 23.1. The van der Waals surface area contributed by atoms with Crippen molar-refractivity contribution in [3.05, 3.63) is 96.1 Å². The monoisotopic (exact) mass is 652 g/mol. The van der Waals surface area contributed by atoms with E-state index in [2.05, 4.69) is 20.0 Å². The topological polar surface area (TPSA) is 197 Å². The maximum Gasteiger partial charge on any atom is 1.00 e. The standard InChI is InChI=1S/C28H20N2O10S2.2Na/c31-21-11-13-23(41-40-39-35)17-3-1-5-19(25(17)21)29-27(33)15-7-9-16(10-8-15)28(34)30-20-6-2-4-18-24(42(36,37)38)14-12-22(32)26(18)20;;/h1-14,31-32,35H,(H,29,33)(H,30,34)(H,36,37,38);;/q;2*+1/p-2. The number of carbonyl (C=O) groups excluding carboxylic acids is 2. The number of phenolic OH excluding ortho intramolecular Hbond substituents is 2. The zero-order chi connectivity index (χ0) is 30.0. The third-order valence-electron chi connectivity index (χ3n) is 6.28. The number of amides is 2. The summed E-state index contributed by atoms with van der Waals surface area (Å²) in [5, 5.41) is 40.4. The molecule has 2 amide bonds. The van der Waals surface area contributed by atoms with Gasteiger partial charge in [0, 0.05) is 37.6 Å². The third-order valence-corrected chi connectivity index (χ3v) is 7.84. The summed E-state index contributed by atoms with van der Waals surface area (Å²) in [4.78, 5) is 25.9. The molecule has 0 unspecified atom stereocenters. The van der Waals surface area contributed by atoms with Crippen LogP contribution >= 0.6 is 12.0 Å². The van der Waals surface area contributed by atoms with Gasteiger partial charge in [0.05, 0.1) is 28.3 Å². The molecule has 12 nitrogen and oxygen atoms in total. The van der Waals surface area contributed by atoms with E-state index in [1.165, 1.54) is 54.6 Å². The molecule has 16 heteroatoms. The number of nitrogens with one attached hydrogen (secondary N) is 2. The molecule has 5 aromatic rings. The first-order chi connectivity index (χ1) is 20.1. The van der Waals surface area contributed by atoms with E-state index in [-0.39, 0.29) is 104 Å². The Bertz CT molecular complexity index is 1970. The van der Waals surface area contributed by atoms with Crippen molar-refractivity contribution >= 4 is 66.9 Å². The van der Waals surface area contributed by atoms with Crippen LogP contribution in [0.5, 0.6) is 11.5 Å². The van der Waals surface area contributed by atoms with Gasteiger partial charge in [-0.3, -0.25) is 14.6 Å². The summed E-state index contributed by atoms with van der Waals surface area (Å²) >= 11 is 0.639. The maximum absolute atomic E-state index is 13.0. The van der Waals surface area contributed by atoms with Gasteiger partial charge in [-0.1, -0.05) is 24.3 Å². The summed E-state index contributed by atoms with van der Waals surface area (Å²) in [6.07, 6.45) is 0. The molecule has 0 saturated carbocycles. The molecule has 0 aromatic heterocycles. The van der Waals surface area contributed by atoms with Gasteiger partial charge in [-0.25, -0.2) is 8.42 Å². The Morgan fingerprint density at radius 1 is 0.705 bits per heavy atom. The molecule has 44 heavy (non-hydrogen) atoms. The van der Waals surface area contributed by atoms with Crippen molar-refractivity contribution in [1.29, 1.82) is 0 Å². The van der Waals surface area contributed by atoms with Crippen molar-refractivity contribution in [3.63, 3.8) is 0 Å². The van der Waals surface area contributed by atoms with Gasteiger partial charge < -0.3 is 30.7 Å². The Balaban J connectivity index is 0.00000264. The Labute approximate surface area is 298 Å². The SMILES string of the molecule is O=C(Nc1cccc2c(SOO[O-])ccc(O)c12)c1ccc(C(=O)Nc2cccc3c(S(=O)(=O)[O-])ccc(O)c23)cc1.[Na+].[Na+]. The molecular weight excluding hydrogens is 634 g/mol. The van der Waals surface area contributed by atoms with Crippen molar-refractivity contribution in [3.8, 4) is 11.5 Å². The Hall–Kier alpha value is -2.70. The van der Waals surface area contributed by atoms with Crippen LogP contribution < -0.4 is 75.0 Å². The molecule has 0 radical (unpaired) electrons. The fourth-order valence-corrected chi connectivity index (χ4v) is 5.59. The van der Waals surface area contributed by atoms with Crippen LogP contribution in [-0.4, -0.2) is 35.0 Å². The van der Waals surface area contributed by atoms with Crippen molar-refractivity contribution in [2.24, 2.45) is 0 Å². The van der Waals surface area contributed by atoms with E-state index in [0.717, 1.165) is 12.1 Å². The number of aromatic hydroxyl groups is 2. The number of fused-ring (bicyclic) bond motifs is 2. The predicted octanol–water partition coefficient (Wildman–Crippen LogP) is -1.95. The van der Waals surface area contributed by atoms with Gasteiger partial charge >= 0.3 is 59.1 Å². The molecule has 0 aliphatic carbocycles. The molecule has 4 N–H and O–H groups in total. The van der Waals surface area contributed by atoms with E-state index in [4.69, 9.17) is 0 Å². The van der Waals surface area contributed by atoms with Gasteiger partial charge in [-0.05, 0) is 60.7 Å². The minimum atomic E-state index is -4.85. The van der Waals surface area contributed by atoms with Gasteiger partial charge in [0.25, 0.3) is 11.8 Å². The van der Waals surface area contributed by atoms with Gasteiger partial charge in [0.1, 0.15) is 21.6 Å². The van der Waals surface area contributed by atoms with Crippen molar-refractivity contribution in [2.75, 3.05) is 10.6 Å². The second-order valence-electron chi connectivity index (χ2n) is 8.78. The first-order valence-corrected chi connectivity index (χ1v) is 14.0. The van der Waals surface area contributed by atoms with Crippen molar-refractivity contribution in [1.82, 2.24) is 0 Å². The Kier molecular flexibility index (Phi) is 12.2. The van der Waals surface area contributed by atoms with E-state index in [1.807, 2.05) is 0 Å². The maximum atomic E-state index is 13.0. The molecule has 0 saturated heterocycles. The summed E-state index contributed by atoms with van der Waals surface area (Å²) in [5.74, 6) is -1.63. The average molecular weight is 653 g/mol. The molecule has 0 fully saturated rings. The van der Waals surface area contributed by atoms with E-state index in [9.17, 15) is 38.0 Å². The fourth-order valence-electron chi connectivity index (χ4n) is 4.43. The van der Waals surface area contributed by atoms with Crippen molar-refractivity contribution < 1.29 is 107 Å². The largest absolute Gasteiger partial charge is 1.00 e. The number of anilines is 2. The van der Waals surface area contributed by atoms with Crippen LogP contribution in [0.2, 0.25) is 0 Å². The van der Waals surface area contributed by atoms with Gasteiger partial charge in [0.15, 0.2) is 0 Å². The van der Waals surface area contributed by atoms with Crippen LogP contribution in [0, 0.1) is 0 Å². The number of carbonyl (C=O) groups is 2. The molecule has 0 heterocycles. The average Bonchev–Trinajstić information content (AvgIpc) is 2.96.